The molecule has 5 heteroatoms. The van der Waals surface area contributed by atoms with Crippen LogP contribution in [0.15, 0.2) is 47.4 Å². The largest absolute Gasteiger partial charge is 0.497 e. The molecule has 2 aromatic rings. The molecule has 0 spiro atoms. The Bertz CT molecular complexity index is 828. The van der Waals surface area contributed by atoms with Crippen LogP contribution < -0.4 is 4.74 Å². The Kier molecular flexibility index (Phi) is 4.65. The van der Waals surface area contributed by atoms with Crippen molar-refractivity contribution in [2.75, 3.05) is 13.7 Å². The van der Waals surface area contributed by atoms with Crippen molar-refractivity contribution in [3.05, 3.63) is 59.2 Å². The molecule has 1 aliphatic heterocycles. The monoisotopic (exact) mass is 345 g/mol. The summed E-state index contributed by atoms with van der Waals surface area (Å²) >= 11 is 0. The van der Waals surface area contributed by atoms with Crippen molar-refractivity contribution in [1.82, 2.24) is 4.31 Å². The molecular weight excluding hydrogens is 322 g/mol. The van der Waals surface area contributed by atoms with Crippen LogP contribution in [0.3, 0.4) is 0 Å². The number of hydrogen-bond donors (Lipinski definition) is 0. The van der Waals surface area contributed by atoms with Crippen LogP contribution in [0.4, 0.5) is 0 Å². The number of ether oxygens (including phenoxy) is 1. The van der Waals surface area contributed by atoms with Gasteiger partial charge in [-0.3, -0.25) is 0 Å². The van der Waals surface area contributed by atoms with Gasteiger partial charge in [0.25, 0.3) is 0 Å². The van der Waals surface area contributed by atoms with E-state index in [2.05, 4.69) is 0 Å². The predicted octanol–water partition coefficient (Wildman–Crippen LogP) is 3.18. The lowest BCUT2D eigenvalue weighted by atomic mass is 10.0. The third kappa shape index (κ3) is 3.19. The Morgan fingerprint density at radius 1 is 1.08 bits per heavy atom. The van der Waals surface area contributed by atoms with Gasteiger partial charge in [-0.25, -0.2) is 8.42 Å². The Balaban J connectivity index is 1.92. The number of rotatable bonds is 3. The van der Waals surface area contributed by atoms with E-state index >= 15 is 0 Å². The first-order valence-electron chi connectivity index (χ1n) is 8.16. The zero-order valence-electron chi connectivity index (χ0n) is 14.3. The second kappa shape index (κ2) is 6.57. The summed E-state index contributed by atoms with van der Waals surface area (Å²) in [6.07, 6.45) is 1.41. The van der Waals surface area contributed by atoms with E-state index in [-0.39, 0.29) is 6.04 Å². The van der Waals surface area contributed by atoms with Crippen molar-refractivity contribution in [3.8, 4) is 5.75 Å². The van der Waals surface area contributed by atoms with Crippen LogP contribution in [0.25, 0.3) is 0 Å². The van der Waals surface area contributed by atoms with E-state index in [4.69, 9.17) is 4.74 Å². The third-order valence-electron chi connectivity index (χ3n) is 4.65. The molecule has 1 unspecified atom stereocenters. The summed E-state index contributed by atoms with van der Waals surface area (Å²) in [5, 5.41) is 0. The molecule has 0 fully saturated rings. The number of hydrogen-bond acceptors (Lipinski definition) is 3. The number of benzene rings is 2. The molecule has 0 aromatic heterocycles. The van der Waals surface area contributed by atoms with Gasteiger partial charge >= 0.3 is 0 Å². The van der Waals surface area contributed by atoms with Gasteiger partial charge in [0.2, 0.25) is 10.0 Å². The van der Waals surface area contributed by atoms with Gasteiger partial charge in [0.15, 0.2) is 0 Å². The molecule has 1 heterocycles. The highest BCUT2D eigenvalue weighted by atomic mass is 32.2. The number of nitrogens with zero attached hydrogens (tertiary/aromatic N) is 1. The highest BCUT2D eigenvalue weighted by Gasteiger charge is 2.31. The Hall–Kier alpha value is -1.85. The molecule has 0 bridgehead atoms. The fraction of sp³-hybridized carbons (Fsp3) is 0.368. The molecular formula is C19H23NO3S. The fourth-order valence-corrected chi connectivity index (χ4v) is 4.87. The predicted molar refractivity (Wildman–Crippen MR) is 94.9 cm³/mol. The minimum atomic E-state index is -3.48. The first kappa shape index (κ1) is 17.0. The molecule has 24 heavy (non-hydrogen) atoms. The summed E-state index contributed by atoms with van der Waals surface area (Å²) in [5.41, 5.74) is 3.42. The van der Waals surface area contributed by atoms with Crippen molar-refractivity contribution < 1.29 is 13.2 Å². The van der Waals surface area contributed by atoms with Gasteiger partial charge in [0.05, 0.1) is 12.0 Å². The summed E-state index contributed by atoms with van der Waals surface area (Å²) in [5.74, 6) is 0.816. The number of aryl methyl sites for hydroxylation is 1. The second-order valence-corrected chi connectivity index (χ2v) is 8.26. The molecule has 4 nitrogen and oxygen atoms in total. The Morgan fingerprint density at radius 3 is 2.46 bits per heavy atom. The zero-order chi connectivity index (χ0) is 17.3. The summed E-state index contributed by atoms with van der Waals surface area (Å²) in [4.78, 5) is 0.364. The van der Waals surface area contributed by atoms with Crippen LogP contribution in [0.5, 0.6) is 5.75 Å². The average Bonchev–Trinajstić information content (AvgIpc) is 2.73. The maximum absolute atomic E-state index is 13.0. The van der Waals surface area contributed by atoms with Crippen LogP contribution in [0.2, 0.25) is 0 Å². The van der Waals surface area contributed by atoms with Crippen LogP contribution in [0, 0.1) is 6.92 Å². The van der Waals surface area contributed by atoms with E-state index in [0.717, 1.165) is 11.3 Å². The maximum Gasteiger partial charge on any atom is 0.243 e. The van der Waals surface area contributed by atoms with Crippen LogP contribution in [0.1, 0.15) is 23.6 Å². The van der Waals surface area contributed by atoms with Gasteiger partial charge in [0, 0.05) is 12.6 Å². The molecule has 1 aliphatic rings. The topological polar surface area (TPSA) is 46.6 Å². The van der Waals surface area contributed by atoms with Gasteiger partial charge < -0.3 is 4.74 Å². The standard InChI is InChI=1S/C19H23NO3S/c1-14-4-8-19(9-5-14)24(21,22)20-11-10-17-13-18(23-3)7-6-16(17)12-15(20)2/h4-9,13,15H,10-12H2,1-3H3. The molecule has 3 rings (SSSR count). The number of fused-ring (bicyclic) bond motifs is 1. The van der Waals surface area contributed by atoms with E-state index in [0.29, 0.717) is 24.3 Å². The number of methoxy groups -OCH3 is 1. The summed E-state index contributed by atoms with van der Waals surface area (Å²) in [7, 11) is -1.83. The van der Waals surface area contributed by atoms with Gasteiger partial charge in [0.1, 0.15) is 5.75 Å². The molecule has 0 saturated carbocycles. The first-order chi connectivity index (χ1) is 11.4. The lowest BCUT2D eigenvalue weighted by Gasteiger charge is -2.26. The average molecular weight is 345 g/mol. The van der Waals surface area contributed by atoms with Crippen molar-refractivity contribution in [2.45, 2.75) is 37.6 Å². The quantitative estimate of drug-likeness (QED) is 0.858. The third-order valence-corrected chi connectivity index (χ3v) is 6.68. The fourth-order valence-electron chi connectivity index (χ4n) is 3.23. The summed E-state index contributed by atoms with van der Waals surface area (Å²) in [6, 6.07) is 13.0. The summed E-state index contributed by atoms with van der Waals surface area (Å²) in [6.45, 7) is 4.41. The molecule has 0 aliphatic carbocycles. The van der Waals surface area contributed by atoms with Gasteiger partial charge in [-0.1, -0.05) is 23.8 Å². The molecule has 128 valence electrons. The normalized spacial score (nSPS) is 18.7. The maximum atomic E-state index is 13.0. The first-order valence-corrected chi connectivity index (χ1v) is 9.60. The van der Waals surface area contributed by atoms with Crippen molar-refractivity contribution in [2.24, 2.45) is 0 Å². The van der Waals surface area contributed by atoms with Gasteiger partial charge in [-0.15, -0.1) is 0 Å². The van der Waals surface area contributed by atoms with Crippen molar-refractivity contribution in [1.29, 1.82) is 0 Å². The lowest BCUT2D eigenvalue weighted by molar-refractivity contribution is 0.346. The highest BCUT2D eigenvalue weighted by molar-refractivity contribution is 7.89. The van der Waals surface area contributed by atoms with Crippen molar-refractivity contribution >= 4 is 10.0 Å². The van der Waals surface area contributed by atoms with Crippen molar-refractivity contribution in [3.63, 3.8) is 0 Å². The van der Waals surface area contributed by atoms with Crippen LogP contribution >= 0.6 is 0 Å². The highest BCUT2D eigenvalue weighted by Crippen LogP contribution is 2.27. The summed E-state index contributed by atoms with van der Waals surface area (Å²) < 4.78 is 33.0. The van der Waals surface area contributed by atoms with Crippen LogP contribution in [-0.2, 0) is 22.9 Å². The molecule has 1 atom stereocenters. The van der Waals surface area contributed by atoms with E-state index in [1.807, 2.05) is 44.2 Å². The van der Waals surface area contributed by atoms with Crippen LogP contribution in [-0.4, -0.2) is 32.4 Å². The molecule has 2 aromatic carbocycles. The Morgan fingerprint density at radius 2 is 1.79 bits per heavy atom. The van der Waals surface area contributed by atoms with E-state index in [1.165, 1.54) is 11.1 Å². The molecule has 0 amide bonds. The number of sulfonamides is 1. The minimum Gasteiger partial charge on any atom is -0.497 e. The minimum absolute atomic E-state index is 0.0778. The molecule has 0 saturated heterocycles. The smallest absolute Gasteiger partial charge is 0.243 e. The zero-order valence-corrected chi connectivity index (χ0v) is 15.1. The molecule has 0 radical (unpaired) electrons. The Labute approximate surface area is 144 Å². The lowest BCUT2D eigenvalue weighted by Crippen LogP contribution is -2.39. The van der Waals surface area contributed by atoms with E-state index in [9.17, 15) is 8.42 Å². The SMILES string of the molecule is COc1ccc2c(c1)CCN(S(=O)(=O)c1ccc(C)cc1)C(C)C2. The second-order valence-electron chi connectivity index (χ2n) is 6.37. The van der Waals surface area contributed by atoms with E-state index in [1.54, 1.807) is 23.5 Å². The van der Waals surface area contributed by atoms with Gasteiger partial charge in [-0.05, 0) is 62.1 Å². The van der Waals surface area contributed by atoms with E-state index < -0.39 is 10.0 Å². The molecule has 0 N–H and O–H groups in total. The van der Waals surface area contributed by atoms with Gasteiger partial charge in [-0.2, -0.15) is 4.31 Å².